The third-order valence-corrected chi connectivity index (χ3v) is 10.4. The monoisotopic (exact) mass is 656 g/mol. The first-order valence-corrected chi connectivity index (χ1v) is 17.7. The van der Waals surface area contributed by atoms with E-state index < -0.39 is 20.0 Å². The van der Waals surface area contributed by atoms with Gasteiger partial charge in [-0.3, -0.25) is 0 Å². The predicted molar refractivity (Wildman–Crippen MR) is 174 cm³/mol. The van der Waals surface area contributed by atoms with Gasteiger partial charge < -0.3 is 30.4 Å². The molecule has 0 spiro atoms. The molecule has 0 saturated heterocycles. The molecule has 0 bridgehead atoms. The maximum atomic E-state index is 13.9. The fraction of sp³-hybridized carbons (Fsp3) is 0.533. The molecule has 0 heterocycles. The number of hydrogen-bond donors (Lipinski definition) is 2. The molecule has 2 rings (SSSR count). The minimum atomic E-state index is -4.04. The molecule has 0 radical (unpaired) electrons. The number of hydrogen-bond acceptors (Lipinski definition) is 10. The predicted octanol–water partition coefficient (Wildman–Crippen LogP) is 3.15. The number of benzene rings is 2. The summed E-state index contributed by atoms with van der Waals surface area (Å²) in [7, 11) is -8.07. The minimum Gasteiger partial charge on any atom is -0.399 e. The highest BCUT2D eigenvalue weighted by Crippen LogP contribution is 2.28. The third kappa shape index (κ3) is 11.1. The van der Waals surface area contributed by atoms with E-state index in [1.165, 1.54) is 20.7 Å². The first-order chi connectivity index (χ1) is 21.0. The van der Waals surface area contributed by atoms with Crippen molar-refractivity contribution >= 4 is 43.6 Å². The van der Waals surface area contributed by atoms with E-state index in [0.717, 1.165) is 0 Å². The Morgan fingerprint density at radius 3 is 1.14 bits per heavy atom. The first kappa shape index (κ1) is 37.6. The van der Waals surface area contributed by atoms with Crippen LogP contribution >= 0.6 is 0 Å². The molecule has 2 aromatic rings. The Morgan fingerprint density at radius 2 is 0.864 bits per heavy atom. The van der Waals surface area contributed by atoms with Gasteiger partial charge in [-0.2, -0.15) is 8.61 Å². The number of rotatable bonds is 22. The van der Waals surface area contributed by atoms with Gasteiger partial charge in [0.05, 0.1) is 36.2 Å². The lowest BCUT2D eigenvalue weighted by Gasteiger charge is -2.24. The molecule has 0 saturated carbocycles. The molecule has 12 nitrogen and oxygen atoms in total. The first-order valence-electron chi connectivity index (χ1n) is 14.8. The highest BCUT2D eigenvalue weighted by Gasteiger charge is 2.28. The van der Waals surface area contributed by atoms with Crippen molar-refractivity contribution in [2.24, 2.45) is 0 Å². The summed E-state index contributed by atoms with van der Waals surface area (Å²) in [6.07, 6.45) is 3.12. The van der Waals surface area contributed by atoms with Crippen molar-refractivity contribution < 1.29 is 35.8 Å². The number of nitrogens with two attached hydrogens (primary N) is 2. The highest BCUT2D eigenvalue weighted by molar-refractivity contribution is 7.89. The maximum absolute atomic E-state index is 13.9. The molecule has 0 aliphatic heterocycles. The zero-order valence-electron chi connectivity index (χ0n) is 26.2. The maximum Gasteiger partial charge on any atom is 0.243 e. The Kier molecular flexibility index (Phi) is 16.3. The van der Waals surface area contributed by atoms with Crippen molar-refractivity contribution in [1.82, 2.24) is 8.61 Å². The number of nitrogen functional groups attached to an aromatic ring is 2. The van der Waals surface area contributed by atoms with E-state index in [4.69, 9.17) is 30.4 Å². The van der Waals surface area contributed by atoms with Gasteiger partial charge in [0.15, 0.2) is 0 Å². The van der Waals surface area contributed by atoms with Crippen LogP contribution in [-0.2, 0) is 39.0 Å². The average molecular weight is 657 g/mol. The molecular weight excluding hydrogens is 608 g/mol. The Hall–Kier alpha value is -2.56. The molecule has 0 fully saturated rings. The van der Waals surface area contributed by atoms with Crippen LogP contribution in [0.5, 0.6) is 0 Å². The van der Waals surface area contributed by atoms with E-state index in [0.29, 0.717) is 37.6 Å². The molecule has 14 heteroatoms. The van der Waals surface area contributed by atoms with Crippen molar-refractivity contribution in [3.05, 3.63) is 47.5 Å². The average Bonchev–Trinajstić information content (AvgIpc) is 2.99. The summed E-state index contributed by atoms with van der Waals surface area (Å²) in [6, 6.07) is 9.15. The van der Waals surface area contributed by atoms with Crippen LogP contribution in [0.2, 0.25) is 0 Å². The molecule has 44 heavy (non-hydrogen) atoms. The fourth-order valence-electron chi connectivity index (χ4n) is 4.23. The lowest BCUT2D eigenvalue weighted by atomic mass is 10.1. The van der Waals surface area contributed by atoms with Crippen molar-refractivity contribution in [2.75, 3.05) is 90.5 Å². The number of anilines is 2. The second-order valence-corrected chi connectivity index (χ2v) is 13.3. The topological polar surface area (TPSA) is 164 Å². The van der Waals surface area contributed by atoms with Gasteiger partial charge in [-0.1, -0.05) is 24.3 Å². The Labute approximate surface area is 263 Å². The van der Waals surface area contributed by atoms with E-state index in [1.54, 1.807) is 36.4 Å². The summed E-state index contributed by atoms with van der Waals surface area (Å²) in [5.74, 6) is 0. The van der Waals surface area contributed by atoms with Crippen LogP contribution in [0.1, 0.15) is 38.8 Å². The summed E-state index contributed by atoms with van der Waals surface area (Å²) < 4.78 is 79.9. The summed E-state index contributed by atoms with van der Waals surface area (Å²) in [5.41, 5.74) is 13.3. The number of ether oxygens (including phenoxy) is 4. The van der Waals surface area contributed by atoms with Gasteiger partial charge in [0.1, 0.15) is 0 Å². The molecular formula is C30H48N4O8S2. The summed E-state index contributed by atoms with van der Waals surface area (Å²) in [4.78, 5) is -0.0340. The highest BCUT2D eigenvalue weighted by atomic mass is 32.2. The quantitative estimate of drug-likeness (QED) is 0.109. The van der Waals surface area contributed by atoms with E-state index in [1.807, 2.05) is 27.7 Å². The van der Waals surface area contributed by atoms with Crippen LogP contribution in [0, 0.1) is 0 Å². The van der Waals surface area contributed by atoms with Gasteiger partial charge in [0.2, 0.25) is 20.0 Å². The Balaban J connectivity index is 2.55. The fourth-order valence-corrected chi connectivity index (χ4v) is 7.48. The smallest absolute Gasteiger partial charge is 0.243 e. The van der Waals surface area contributed by atoms with Crippen LogP contribution in [0.4, 0.5) is 11.4 Å². The van der Waals surface area contributed by atoms with Crippen molar-refractivity contribution in [3.63, 3.8) is 0 Å². The lowest BCUT2D eigenvalue weighted by Crippen LogP contribution is -2.37. The molecule has 0 aliphatic carbocycles. The molecule has 0 aliphatic rings. The standard InChI is InChI=1S/C30H48N4O8S2/c1-5-39-19-15-33(16-20-40-6-2)43(35,36)29-23-27(31)13-11-25(29)9-10-26-12-14-28(32)24-30(26)44(37,38)34(17-21-41-7-3)18-22-42-8-4/h9-14,23-24H,5-8,15-22,31-32H2,1-4H3/b10-9-. The zero-order valence-corrected chi connectivity index (χ0v) is 27.9. The lowest BCUT2D eigenvalue weighted by molar-refractivity contribution is 0.110. The van der Waals surface area contributed by atoms with Crippen molar-refractivity contribution in [2.45, 2.75) is 37.5 Å². The van der Waals surface area contributed by atoms with Crippen LogP contribution in [0.15, 0.2) is 46.2 Å². The van der Waals surface area contributed by atoms with Gasteiger partial charge in [-0.15, -0.1) is 0 Å². The molecule has 4 N–H and O–H groups in total. The van der Waals surface area contributed by atoms with Gasteiger partial charge in [0.25, 0.3) is 0 Å². The second-order valence-electron chi connectivity index (χ2n) is 9.52. The summed E-state index contributed by atoms with van der Waals surface area (Å²) in [5, 5.41) is 0. The molecule has 2 aromatic carbocycles. The van der Waals surface area contributed by atoms with Gasteiger partial charge >= 0.3 is 0 Å². The van der Waals surface area contributed by atoms with E-state index in [-0.39, 0.29) is 73.8 Å². The number of nitrogens with zero attached hydrogens (tertiary/aromatic N) is 2. The van der Waals surface area contributed by atoms with Gasteiger partial charge in [0, 0.05) is 64.0 Å². The van der Waals surface area contributed by atoms with Gasteiger partial charge in [-0.05, 0) is 63.1 Å². The summed E-state index contributed by atoms with van der Waals surface area (Å²) >= 11 is 0. The summed E-state index contributed by atoms with van der Waals surface area (Å²) in [6.45, 7) is 10.5. The van der Waals surface area contributed by atoms with Crippen LogP contribution in [0.3, 0.4) is 0 Å². The van der Waals surface area contributed by atoms with Crippen LogP contribution in [-0.4, -0.2) is 104 Å². The third-order valence-electron chi connectivity index (χ3n) is 6.51. The van der Waals surface area contributed by atoms with Crippen molar-refractivity contribution in [1.29, 1.82) is 0 Å². The molecule has 0 atom stereocenters. The normalized spacial score (nSPS) is 12.6. The van der Waals surface area contributed by atoms with E-state index >= 15 is 0 Å². The molecule has 0 unspecified atom stereocenters. The minimum absolute atomic E-state index is 0.0170. The Morgan fingerprint density at radius 1 is 0.568 bits per heavy atom. The van der Waals surface area contributed by atoms with E-state index in [2.05, 4.69) is 0 Å². The molecule has 0 amide bonds. The Bertz CT molecular complexity index is 1280. The van der Waals surface area contributed by atoms with Gasteiger partial charge in [-0.25, -0.2) is 16.8 Å². The van der Waals surface area contributed by atoms with Crippen LogP contribution < -0.4 is 11.5 Å². The largest absolute Gasteiger partial charge is 0.399 e. The van der Waals surface area contributed by atoms with Crippen LogP contribution in [0.25, 0.3) is 12.2 Å². The molecule has 248 valence electrons. The zero-order chi connectivity index (χ0) is 32.6. The van der Waals surface area contributed by atoms with E-state index in [9.17, 15) is 16.8 Å². The second kappa shape index (κ2) is 19.1. The SMILES string of the molecule is CCOCCN(CCOCC)S(=O)(=O)c1cc(N)ccc1/C=C\c1ccc(N)cc1S(=O)(=O)N(CCOCC)CCOCC. The molecule has 0 aromatic heterocycles. The van der Waals surface area contributed by atoms with Crippen molar-refractivity contribution in [3.8, 4) is 0 Å². The number of sulfonamides is 2.